The van der Waals surface area contributed by atoms with Gasteiger partial charge in [0, 0.05) is 0 Å². The molecule has 0 radical (unpaired) electrons. The number of hydrogen-bond acceptors (Lipinski definition) is 4. The van der Waals surface area contributed by atoms with E-state index in [0.29, 0.717) is 23.4 Å². The molecule has 1 amide bonds. The Kier molecular flexibility index (Phi) is 4.42. The zero-order valence-corrected chi connectivity index (χ0v) is 10.0. The van der Waals surface area contributed by atoms with Crippen molar-refractivity contribution < 1.29 is 14.7 Å². The normalized spacial score (nSPS) is 12.1. The van der Waals surface area contributed by atoms with Gasteiger partial charge in [0.05, 0.1) is 11.2 Å². The number of aryl methyl sites for hydroxylation is 1. The van der Waals surface area contributed by atoms with Gasteiger partial charge < -0.3 is 10.4 Å². The van der Waals surface area contributed by atoms with Gasteiger partial charge in [-0.25, -0.2) is 9.78 Å². The molecule has 0 bridgehead atoms. The van der Waals surface area contributed by atoms with Gasteiger partial charge >= 0.3 is 5.97 Å². The SMILES string of the molecule is CCC[C@H](NC(=O)c1scnc1C)C(=O)O. The van der Waals surface area contributed by atoms with E-state index in [2.05, 4.69) is 10.3 Å². The third-order valence-electron chi connectivity index (χ3n) is 2.13. The van der Waals surface area contributed by atoms with Gasteiger partial charge in [0.25, 0.3) is 5.91 Å². The number of nitrogens with zero attached hydrogens (tertiary/aromatic N) is 1. The van der Waals surface area contributed by atoms with E-state index in [4.69, 9.17) is 5.11 Å². The smallest absolute Gasteiger partial charge is 0.326 e. The fraction of sp³-hybridized carbons (Fsp3) is 0.500. The highest BCUT2D eigenvalue weighted by molar-refractivity contribution is 7.11. The van der Waals surface area contributed by atoms with Gasteiger partial charge in [-0.15, -0.1) is 11.3 Å². The summed E-state index contributed by atoms with van der Waals surface area (Å²) < 4.78 is 0. The molecule has 1 aromatic rings. The third-order valence-corrected chi connectivity index (χ3v) is 3.06. The molecule has 0 unspecified atom stereocenters. The number of carboxylic acids is 1. The van der Waals surface area contributed by atoms with E-state index < -0.39 is 12.0 Å². The van der Waals surface area contributed by atoms with E-state index in [0.717, 1.165) is 0 Å². The molecule has 0 aromatic carbocycles. The predicted octanol–water partition coefficient (Wildman–Crippen LogP) is 1.43. The highest BCUT2D eigenvalue weighted by atomic mass is 32.1. The van der Waals surface area contributed by atoms with E-state index in [9.17, 15) is 9.59 Å². The molecule has 6 heteroatoms. The Morgan fingerprint density at radius 1 is 1.62 bits per heavy atom. The molecule has 0 aliphatic carbocycles. The van der Waals surface area contributed by atoms with Gasteiger partial charge in [-0.3, -0.25) is 4.79 Å². The summed E-state index contributed by atoms with van der Waals surface area (Å²) in [6.45, 7) is 3.60. The summed E-state index contributed by atoms with van der Waals surface area (Å²) in [5.74, 6) is -1.36. The van der Waals surface area contributed by atoms with Gasteiger partial charge in [0.2, 0.25) is 0 Å². The minimum Gasteiger partial charge on any atom is -0.480 e. The van der Waals surface area contributed by atoms with Crippen LogP contribution in [0.2, 0.25) is 0 Å². The number of carbonyl (C=O) groups is 2. The Morgan fingerprint density at radius 2 is 2.31 bits per heavy atom. The maximum Gasteiger partial charge on any atom is 0.326 e. The van der Waals surface area contributed by atoms with Crippen molar-refractivity contribution in [1.82, 2.24) is 10.3 Å². The summed E-state index contributed by atoms with van der Waals surface area (Å²) in [5.41, 5.74) is 2.20. The van der Waals surface area contributed by atoms with Crippen LogP contribution >= 0.6 is 11.3 Å². The lowest BCUT2D eigenvalue weighted by atomic mass is 10.1. The second-order valence-corrected chi connectivity index (χ2v) is 4.27. The van der Waals surface area contributed by atoms with Crippen molar-refractivity contribution in [3.8, 4) is 0 Å². The van der Waals surface area contributed by atoms with E-state index in [-0.39, 0.29) is 5.91 Å². The first-order valence-corrected chi connectivity index (χ1v) is 5.88. The summed E-state index contributed by atoms with van der Waals surface area (Å²) in [6, 6.07) is -0.820. The van der Waals surface area contributed by atoms with Crippen LogP contribution in [0.4, 0.5) is 0 Å². The molecule has 0 saturated carbocycles. The molecule has 0 fully saturated rings. The Hall–Kier alpha value is -1.43. The maximum absolute atomic E-state index is 11.7. The topological polar surface area (TPSA) is 79.3 Å². The lowest BCUT2D eigenvalue weighted by Gasteiger charge is -2.12. The summed E-state index contributed by atoms with van der Waals surface area (Å²) >= 11 is 1.21. The van der Waals surface area contributed by atoms with Crippen LogP contribution in [0, 0.1) is 6.92 Å². The Balaban J connectivity index is 2.69. The number of thiazole rings is 1. The quantitative estimate of drug-likeness (QED) is 0.818. The van der Waals surface area contributed by atoms with Crippen LogP contribution < -0.4 is 5.32 Å². The van der Waals surface area contributed by atoms with Gasteiger partial charge in [0.1, 0.15) is 10.9 Å². The highest BCUT2D eigenvalue weighted by Gasteiger charge is 2.21. The second-order valence-electron chi connectivity index (χ2n) is 3.42. The van der Waals surface area contributed by atoms with Crippen molar-refractivity contribution >= 4 is 23.2 Å². The largest absolute Gasteiger partial charge is 0.480 e. The highest BCUT2D eigenvalue weighted by Crippen LogP contribution is 2.12. The minimum absolute atomic E-state index is 0.360. The zero-order chi connectivity index (χ0) is 12.1. The molecule has 1 heterocycles. The van der Waals surface area contributed by atoms with Crippen molar-refractivity contribution in [2.45, 2.75) is 32.7 Å². The van der Waals surface area contributed by atoms with Crippen molar-refractivity contribution in [3.05, 3.63) is 16.1 Å². The van der Waals surface area contributed by atoms with E-state index in [1.54, 1.807) is 12.4 Å². The molecule has 1 atom stereocenters. The lowest BCUT2D eigenvalue weighted by molar-refractivity contribution is -0.139. The number of aliphatic carboxylic acids is 1. The molecular weight excluding hydrogens is 228 g/mol. The number of rotatable bonds is 5. The molecule has 1 rings (SSSR count). The van der Waals surface area contributed by atoms with Gasteiger partial charge in [0.15, 0.2) is 0 Å². The standard InChI is InChI=1S/C10H14N2O3S/c1-3-4-7(10(14)15)12-9(13)8-6(2)11-5-16-8/h5,7H,3-4H2,1-2H3,(H,12,13)(H,14,15)/t7-/m0/s1. The molecule has 0 aliphatic heterocycles. The van der Waals surface area contributed by atoms with Crippen LogP contribution in [0.5, 0.6) is 0 Å². The molecular formula is C10H14N2O3S. The fourth-order valence-electron chi connectivity index (χ4n) is 1.29. The van der Waals surface area contributed by atoms with Crippen LogP contribution in [0.25, 0.3) is 0 Å². The number of carboxylic acid groups (broad SMARTS) is 1. The van der Waals surface area contributed by atoms with Crippen LogP contribution in [-0.2, 0) is 4.79 Å². The van der Waals surface area contributed by atoms with Crippen molar-refractivity contribution in [2.24, 2.45) is 0 Å². The van der Waals surface area contributed by atoms with Crippen LogP contribution in [0.15, 0.2) is 5.51 Å². The zero-order valence-electron chi connectivity index (χ0n) is 9.19. The monoisotopic (exact) mass is 242 g/mol. The number of carbonyl (C=O) groups excluding carboxylic acids is 1. The molecule has 5 nitrogen and oxygen atoms in total. The lowest BCUT2D eigenvalue weighted by Crippen LogP contribution is -2.40. The average Bonchev–Trinajstić information content (AvgIpc) is 2.63. The van der Waals surface area contributed by atoms with Crippen LogP contribution in [0.3, 0.4) is 0 Å². The van der Waals surface area contributed by atoms with Crippen LogP contribution in [0.1, 0.15) is 35.1 Å². The summed E-state index contributed by atoms with van der Waals surface area (Å²) in [5, 5.41) is 11.4. The third kappa shape index (κ3) is 3.03. The van der Waals surface area contributed by atoms with E-state index in [1.807, 2.05) is 6.92 Å². The first-order valence-electron chi connectivity index (χ1n) is 5.00. The summed E-state index contributed by atoms with van der Waals surface area (Å²) in [7, 11) is 0. The first kappa shape index (κ1) is 12.6. The molecule has 0 spiro atoms. The molecule has 88 valence electrons. The summed E-state index contributed by atoms with van der Waals surface area (Å²) in [6.07, 6.45) is 1.14. The Labute approximate surface area is 97.5 Å². The summed E-state index contributed by atoms with van der Waals surface area (Å²) in [4.78, 5) is 27.0. The number of hydrogen-bond donors (Lipinski definition) is 2. The number of nitrogens with one attached hydrogen (secondary N) is 1. The average molecular weight is 242 g/mol. The first-order chi connectivity index (χ1) is 7.56. The van der Waals surface area contributed by atoms with Crippen molar-refractivity contribution in [2.75, 3.05) is 0 Å². The van der Waals surface area contributed by atoms with Crippen LogP contribution in [-0.4, -0.2) is 28.0 Å². The molecule has 1 aromatic heterocycles. The minimum atomic E-state index is -1.00. The molecule has 0 aliphatic rings. The van der Waals surface area contributed by atoms with E-state index in [1.165, 1.54) is 11.3 Å². The second kappa shape index (κ2) is 5.60. The van der Waals surface area contributed by atoms with Gasteiger partial charge in [-0.1, -0.05) is 13.3 Å². The number of aromatic nitrogens is 1. The van der Waals surface area contributed by atoms with E-state index >= 15 is 0 Å². The molecule has 0 saturated heterocycles. The molecule has 2 N–H and O–H groups in total. The predicted molar refractivity (Wildman–Crippen MR) is 60.6 cm³/mol. The van der Waals surface area contributed by atoms with Gasteiger partial charge in [-0.2, -0.15) is 0 Å². The van der Waals surface area contributed by atoms with Gasteiger partial charge in [-0.05, 0) is 13.3 Å². The number of amides is 1. The Bertz CT molecular complexity index is 389. The maximum atomic E-state index is 11.7. The van der Waals surface area contributed by atoms with Crippen molar-refractivity contribution in [1.29, 1.82) is 0 Å². The van der Waals surface area contributed by atoms with Crippen molar-refractivity contribution in [3.63, 3.8) is 0 Å². The fourth-order valence-corrected chi connectivity index (χ4v) is 2.00. The molecule has 16 heavy (non-hydrogen) atoms. The Morgan fingerprint density at radius 3 is 2.75 bits per heavy atom.